The highest BCUT2D eigenvalue weighted by molar-refractivity contribution is 5.89. The third kappa shape index (κ3) is 4.93. The molecule has 0 bridgehead atoms. The van der Waals surface area contributed by atoms with Gasteiger partial charge in [-0.2, -0.15) is 13.2 Å². The second-order valence-electron chi connectivity index (χ2n) is 6.06. The Morgan fingerprint density at radius 3 is 2.40 bits per heavy atom. The number of alkyl halides is 3. The molecule has 4 atom stereocenters. The molecular weight excluding hydrogens is 339 g/mol. The first-order valence-electron chi connectivity index (χ1n) is 7.79. The smallest absolute Gasteiger partial charge is 0.391 e. The summed E-state index contributed by atoms with van der Waals surface area (Å²) in [5.41, 5.74) is -0.476. The predicted octanol–water partition coefficient (Wildman–Crippen LogP) is 1.07. The Hall–Kier alpha value is -2.13. The van der Waals surface area contributed by atoms with Gasteiger partial charge in [0.05, 0.1) is 36.3 Å². The third-order valence-corrected chi connectivity index (χ3v) is 3.91. The van der Waals surface area contributed by atoms with Crippen molar-refractivity contribution < 1.29 is 27.9 Å². The molecule has 0 aliphatic carbocycles. The van der Waals surface area contributed by atoms with Gasteiger partial charge in [-0.15, -0.1) is 0 Å². The number of nitrogens with one attached hydrogen (secondary N) is 3. The fourth-order valence-corrected chi connectivity index (χ4v) is 2.67. The van der Waals surface area contributed by atoms with E-state index < -0.39 is 35.8 Å². The molecular formula is C16H20F3N3O3. The Morgan fingerprint density at radius 1 is 1.32 bits per heavy atom. The summed E-state index contributed by atoms with van der Waals surface area (Å²) in [7, 11) is 0. The minimum absolute atomic E-state index is 0.0598. The molecule has 138 valence electrons. The van der Waals surface area contributed by atoms with E-state index in [9.17, 15) is 27.9 Å². The fraction of sp³-hybridized carbons (Fsp3) is 0.500. The van der Waals surface area contributed by atoms with E-state index in [0.717, 1.165) is 12.1 Å². The second kappa shape index (κ2) is 7.40. The maximum atomic E-state index is 12.6. The molecule has 1 aromatic carbocycles. The molecule has 1 saturated heterocycles. The largest absolute Gasteiger partial charge is 0.416 e. The monoisotopic (exact) mass is 359 g/mol. The van der Waals surface area contributed by atoms with Crippen molar-refractivity contribution >= 4 is 11.8 Å². The number of hydrogen-bond acceptors (Lipinski definition) is 4. The van der Waals surface area contributed by atoms with E-state index >= 15 is 0 Å². The Balaban J connectivity index is 2.13. The summed E-state index contributed by atoms with van der Waals surface area (Å²) in [6.45, 7) is 3.10. The molecule has 0 spiro atoms. The average molecular weight is 359 g/mol. The standard InChI is InChI=1S/C16H20F3N3O3/c1-8(23)14(10-3-5-11(6-4-10)16(17,18)19)22-15(25)12-7-13(24)21-9(2)20-12/h3-6,8-9,12,14,20,23H,7H2,1-2H3,(H,21,24)(H,22,25)/t8-,9?,12?,14-/m1/s1. The van der Waals surface area contributed by atoms with Gasteiger partial charge in [0.25, 0.3) is 0 Å². The van der Waals surface area contributed by atoms with Crippen LogP contribution in [-0.2, 0) is 15.8 Å². The predicted molar refractivity (Wildman–Crippen MR) is 83.2 cm³/mol. The topological polar surface area (TPSA) is 90.5 Å². The first-order chi connectivity index (χ1) is 11.6. The molecule has 0 radical (unpaired) electrons. The number of hydrogen-bond donors (Lipinski definition) is 4. The summed E-state index contributed by atoms with van der Waals surface area (Å²) in [5.74, 6) is -0.790. The van der Waals surface area contributed by atoms with Crippen molar-refractivity contribution in [3.8, 4) is 0 Å². The highest BCUT2D eigenvalue weighted by atomic mass is 19.4. The van der Waals surface area contributed by atoms with Crippen LogP contribution in [0.3, 0.4) is 0 Å². The van der Waals surface area contributed by atoms with Crippen LogP contribution in [0.1, 0.15) is 37.4 Å². The summed E-state index contributed by atoms with van der Waals surface area (Å²) in [6, 6.07) is 2.54. The summed E-state index contributed by atoms with van der Waals surface area (Å²) in [5, 5.41) is 18.0. The minimum Gasteiger partial charge on any atom is -0.391 e. The fourth-order valence-electron chi connectivity index (χ4n) is 2.67. The SMILES string of the molecule is CC1NC(=O)CC(C(=O)N[C@@H](c2ccc(C(F)(F)F)cc2)[C@@H](C)O)N1. The van der Waals surface area contributed by atoms with Crippen LogP contribution in [0.5, 0.6) is 0 Å². The Labute approximate surface area is 142 Å². The molecule has 1 aromatic rings. The number of amides is 2. The zero-order valence-corrected chi connectivity index (χ0v) is 13.7. The zero-order chi connectivity index (χ0) is 18.8. The molecule has 0 aromatic heterocycles. The Morgan fingerprint density at radius 2 is 1.92 bits per heavy atom. The number of carbonyl (C=O) groups excluding carboxylic acids is 2. The van der Waals surface area contributed by atoms with Crippen LogP contribution in [0.15, 0.2) is 24.3 Å². The number of halogens is 3. The van der Waals surface area contributed by atoms with Crippen molar-refractivity contribution in [1.29, 1.82) is 0 Å². The molecule has 2 unspecified atom stereocenters. The van der Waals surface area contributed by atoms with E-state index in [1.54, 1.807) is 6.92 Å². The van der Waals surface area contributed by atoms with Crippen molar-refractivity contribution in [2.24, 2.45) is 0 Å². The normalized spacial score (nSPS) is 23.5. The van der Waals surface area contributed by atoms with Gasteiger partial charge in [-0.1, -0.05) is 12.1 Å². The second-order valence-corrected chi connectivity index (χ2v) is 6.06. The highest BCUT2D eigenvalue weighted by Gasteiger charge is 2.32. The van der Waals surface area contributed by atoms with E-state index in [1.165, 1.54) is 19.1 Å². The molecule has 0 saturated carbocycles. The van der Waals surface area contributed by atoms with Crippen LogP contribution >= 0.6 is 0 Å². The van der Waals surface area contributed by atoms with Crippen molar-refractivity contribution in [1.82, 2.24) is 16.0 Å². The lowest BCUT2D eigenvalue weighted by atomic mass is 9.99. The lowest BCUT2D eigenvalue weighted by Crippen LogP contribution is -2.60. The van der Waals surface area contributed by atoms with Gasteiger partial charge in [-0.25, -0.2) is 0 Å². The van der Waals surface area contributed by atoms with E-state index in [4.69, 9.17) is 0 Å². The van der Waals surface area contributed by atoms with Crippen LogP contribution in [0.25, 0.3) is 0 Å². The summed E-state index contributed by atoms with van der Waals surface area (Å²) >= 11 is 0. The van der Waals surface area contributed by atoms with Gasteiger partial charge < -0.3 is 15.7 Å². The number of aliphatic hydroxyl groups excluding tert-OH is 1. The van der Waals surface area contributed by atoms with Crippen LogP contribution in [-0.4, -0.2) is 35.2 Å². The van der Waals surface area contributed by atoms with Crippen LogP contribution in [0, 0.1) is 0 Å². The van der Waals surface area contributed by atoms with E-state index in [-0.39, 0.29) is 18.5 Å². The lowest BCUT2D eigenvalue weighted by molar-refractivity contribution is -0.137. The first-order valence-corrected chi connectivity index (χ1v) is 7.79. The molecule has 1 aliphatic heterocycles. The molecule has 1 fully saturated rings. The number of carbonyl (C=O) groups is 2. The van der Waals surface area contributed by atoms with Crippen LogP contribution in [0.2, 0.25) is 0 Å². The zero-order valence-electron chi connectivity index (χ0n) is 13.7. The molecule has 2 amide bonds. The molecule has 9 heteroatoms. The Kier molecular flexibility index (Phi) is 5.69. The van der Waals surface area contributed by atoms with Crippen molar-refractivity contribution in [3.63, 3.8) is 0 Å². The van der Waals surface area contributed by atoms with Gasteiger partial charge in [0.2, 0.25) is 11.8 Å². The maximum Gasteiger partial charge on any atom is 0.416 e. The van der Waals surface area contributed by atoms with Gasteiger partial charge in [-0.05, 0) is 31.5 Å². The average Bonchev–Trinajstić information content (AvgIpc) is 2.50. The van der Waals surface area contributed by atoms with E-state index in [0.29, 0.717) is 5.56 Å². The molecule has 1 aliphatic rings. The van der Waals surface area contributed by atoms with Crippen molar-refractivity contribution in [3.05, 3.63) is 35.4 Å². The van der Waals surface area contributed by atoms with Gasteiger partial charge >= 0.3 is 6.18 Å². The van der Waals surface area contributed by atoms with Crippen LogP contribution < -0.4 is 16.0 Å². The number of rotatable bonds is 4. The van der Waals surface area contributed by atoms with Gasteiger partial charge in [-0.3, -0.25) is 14.9 Å². The van der Waals surface area contributed by atoms with E-state index in [2.05, 4.69) is 16.0 Å². The lowest BCUT2D eigenvalue weighted by Gasteiger charge is -2.30. The van der Waals surface area contributed by atoms with Gasteiger partial charge in [0, 0.05) is 0 Å². The van der Waals surface area contributed by atoms with Crippen LogP contribution in [0.4, 0.5) is 13.2 Å². The molecule has 1 heterocycles. The van der Waals surface area contributed by atoms with Crippen molar-refractivity contribution in [2.75, 3.05) is 0 Å². The van der Waals surface area contributed by atoms with Gasteiger partial charge in [0.15, 0.2) is 0 Å². The molecule has 25 heavy (non-hydrogen) atoms. The van der Waals surface area contributed by atoms with Gasteiger partial charge in [0.1, 0.15) is 0 Å². The molecule has 4 N–H and O–H groups in total. The van der Waals surface area contributed by atoms with Crippen molar-refractivity contribution in [2.45, 2.75) is 50.8 Å². The Bertz CT molecular complexity index is 632. The summed E-state index contributed by atoms with van der Waals surface area (Å²) in [6.07, 6.45) is -5.93. The first kappa shape index (κ1) is 19.2. The quantitative estimate of drug-likeness (QED) is 0.647. The highest BCUT2D eigenvalue weighted by Crippen LogP contribution is 2.30. The molecule has 6 nitrogen and oxygen atoms in total. The number of benzene rings is 1. The number of aliphatic hydroxyl groups is 1. The molecule has 2 rings (SSSR count). The minimum atomic E-state index is -4.46. The summed E-state index contributed by atoms with van der Waals surface area (Å²) < 4.78 is 37.9. The third-order valence-electron chi connectivity index (χ3n) is 3.91. The van der Waals surface area contributed by atoms with E-state index in [1.807, 2.05) is 0 Å². The maximum absolute atomic E-state index is 12.6. The summed E-state index contributed by atoms with van der Waals surface area (Å²) in [4.78, 5) is 23.9.